The van der Waals surface area contributed by atoms with Gasteiger partial charge in [0.2, 0.25) is 0 Å². The average molecular weight is 297 g/mol. The molecule has 1 saturated carbocycles. The number of nitrogens with zero attached hydrogens (tertiary/aromatic N) is 2. The zero-order chi connectivity index (χ0) is 15.1. The van der Waals surface area contributed by atoms with Crippen LogP contribution in [-0.4, -0.2) is 34.5 Å². The van der Waals surface area contributed by atoms with Gasteiger partial charge in [0.15, 0.2) is 5.82 Å². The summed E-state index contributed by atoms with van der Waals surface area (Å²) in [5.74, 6) is -1.86. The lowest BCUT2D eigenvalue weighted by Gasteiger charge is -2.20. The highest BCUT2D eigenvalue weighted by Gasteiger charge is 2.39. The molecule has 3 rings (SSSR count). The Hall–Kier alpha value is -1.76. The Morgan fingerprint density at radius 2 is 2.10 bits per heavy atom. The van der Waals surface area contributed by atoms with E-state index in [1.54, 1.807) is 0 Å². The maximum atomic E-state index is 13.9. The van der Waals surface area contributed by atoms with Gasteiger partial charge in [-0.3, -0.25) is 15.0 Å². The Bertz CT molecular complexity index is 578. The van der Waals surface area contributed by atoms with E-state index in [4.69, 9.17) is 0 Å². The van der Waals surface area contributed by atoms with Crippen molar-refractivity contribution in [3.8, 4) is 0 Å². The van der Waals surface area contributed by atoms with Crippen LogP contribution >= 0.6 is 0 Å². The van der Waals surface area contributed by atoms with Crippen LogP contribution in [0.2, 0.25) is 0 Å². The van der Waals surface area contributed by atoms with Gasteiger partial charge in [-0.15, -0.1) is 0 Å². The molecule has 1 aliphatic heterocycles. The van der Waals surface area contributed by atoms with Crippen molar-refractivity contribution in [3.63, 3.8) is 0 Å². The Labute approximate surface area is 121 Å². The summed E-state index contributed by atoms with van der Waals surface area (Å²) in [7, 11) is 0. The first-order valence-corrected chi connectivity index (χ1v) is 7.11. The molecule has 0 aromatic heterocycles. The second kappa shape index (κ2) is 5.22. The van der Waals surface area contributed by atoms with E-state index >= 15 is 0 Å². The molecule has 2 atom stereocenters. The fourth-order valence-corrected chi connectivity index (χ4v) is 3.13. The number of hydrogen-bond donors (Lipinski definition) is 1. The van der Waals surface area contributed by atoms with E-state index in [1.165, 1.54) is 12.8 Å². The monoisotopic (exact) mass is 297 g/mol. The molecule has 1 saturated heterocycles. The fourth-order valence-electron chi connectivity index (χ4n) is 3.13. The van der Waals surface area contributed by atoms with Crippen LogP contribution in [0.15, 0.2) is 12.1 Å². The number of nitro groups is 1. The van der Waals surface area contributed by atoms with Crippen molar-refractivity contribution >= 4 is 11.4 Å². The van der Waals surface area contributed by atoms with E-state index in [1.807, 2.05) is 0 Å². The summed E-state index contributed by atoms with van der Waals surface area (Å²) in [6, 6.07) is 2.34. The standard InChI is InChI=1S/C14H17F2N3O2/c1-8-4-10(7-18(8)11-2-3-11)17-14-12(16)5-9(15)6-13(14)19(20)21/h5-6,8,10-11,17H,2-4,7H2,1H3. The van der Waals surface area contributed by atoms with Crippen LogP contribution in [0, 0.1) is 21.7 Å². The zero-order valence-electron chi connectivity index (χ0n) is 11.7. The topological polar surface area (TPSA) is 58.4 Å². The second-order valence-corrected chi connectivity index (χ2v) is 5.89. The molecule has 1 heterocycles. The Morgan fingerprint density at radius 3 is 2.71 bits per heavy atom. The minimum atomic E-state index is -0.941. The zero-order valence-corrected chi connectivity index (χ0v) is 11.7. The van der Waals surface area contributed by atoms with E-state index in [0.717, 1.165) is 19.0 Å². The quantitative estimate of drug-likeness (QED) is 0.686. The van der Waals surface area contributed by atoms with Crippen LogP contribution in [0.5, 0.6) is 0 Å². The van der Waals surface area contributed by atoms with Gasteiger partial charge in [-0.1, -0.05) is 0 Å². The summed E-state index contributed by atoms with van der Waals surface area (Å²) < 4.78 is 27.0. The molecule has 0 bridgehead atoms. The van der Waals surface area contributed by atoms with Crippen molar-refractivity contribution in [2.24, 2.45) is 0 Å². The first-order valence-electron chi connectivity index (χ1n) is 7.11. The van der Waals surface area contributed by atoms with Crippen LogP contribution in [0.3, 0.4) is 0 Å². The number of rotatable bonds is 4. The van der Waals surface area contributed by atoms with Gasteiger partial charge in [0.05, 0.1) is 11.0 Å². The summed E-state index contributed by atoms with van der Waals surface area (Å²) in [4.78, 5) is 12.6. The second-order valence-electron chi connectivity index (χ2n) is 5.89. The number of benzene rings is 1. The van der Waals surface area contributed by atoms with Crippen molar-refractivity contribution in [2.45, 2.75) is 44.3 Å². The molecule has 0 radical (unpaired) electrons. The molecule has 2 aliphatic rings. The third kappa shape index (κ3) is 2.83. The molecule has 1 N–H and O–H groups in total. The number of nitro benzene ring substituents is 1. The molecule has 1 aromatic rings. The fraction of sp³-hybridized carbons (Fsp3) is 0.571. The van der Waals surface area contributed by atoms with Crippen LogP contribution in [0.1, 0.15) is 26.2 Å². The highest BCUT2D eigenvalue weighted by atomic mass is 19.1. The van der Waals surface area contributed by atoms with Crippen molar-refractivity contribution in [1.29, 1.82) is 0 Å². The van der Waals surface area contributed by atoms with Crippen LogP contribution < -0.4 is 5.32 Å². The number of hydrogen-bond acceptors (Lipinski definition) is 4. The molecule has 1 aromatic carbocycles. The van der Waals surface area contributed by atoms with Gasteiger partial charge in [-0.25, -0.2) is 8.78 Å². The number of anilines is 1. The molecule has 1 aliphatic carbocycles. The molecule has 0 amide bonds. The highest BCUT2D eigenvalue weighted by molar-refractivity contribution is 5.63. The minimum Gasteiger partial charge on any atom is -0.373 e. The Balaban J connectivity index is 1.80. The van der Waals surface area contributed by atoms with Crippen molar-refractivity contribution in [1.82, 2.24) is 4.90 Å². The molecule has 2 unspecified atom stereocenters. The van der Waals surface area contributed by atoms with Crippen molar-refractivity contribution < 1.29 is 13.7 Å². The molecule has 114 valence electrons. The molecule has 7 heteroatoms. The van der Waals surface area contributed by atoms with E-state index in [-0.39, 0.29) is 11.7 Å². The summed E-state index contributed by atoms with van der Waals surface area (Å²) >= 11 is 0. The Morgan fingerprint density at radius 1 is 1.38 bits per heavy atom. The molecular weight excluding hydrogens is 280 g/mol. The third-order valence-corrected chi connectivity index (χ3v) is 4.22. The predicted molar refractivity (Wildman–Crippen MR) is 74.2 cm³/mol. The number of likely N-dealkylation sites (tertiary alicyclic amines) is 1. The predicted octanol–water partition coefficient (Wildman–Crippen LogP) is 2.91. The van der Waals surface area contributed by atoms with Gasteiger partial charge in [-0.05, 0) is 26.2 Å². The van der Waals surface area contributed by atoms with E-state index in [0.29, 0.717) is 18.2 Å². The first-order chi connectivity index (χ1) is 9.95. The number of halogens is 2. The van der Waals surface area contributed by atoms with Crippen LogP contribution in [0.25, 0.3) is 0 Å². The van der Waals surface area contributed by atoms with Gasteiger partial charge < -0.3 is 5.32 Å². The molecular formula is C14H17F2N3O2. The summed E-state index contributed by atoms with van der Waals surface area (Å²) in [5, 5.41) is 13.9. The van der Waals surface area contributed by atoms with Crippen molar-refractivity contribution in [3.05, 3.63) is 33.9 Å². The summed E-state index contributed by atoms with van der Waals surface area (Å²) in [6.45, 7) is 2.84. The lowest BCUT2D eigenvalue weighted by molar-refractivity contribution is -0.384. The van der Waals surface area contributed by atoms with Gasteiger partial charge in [0.1, 0.15) is 11.5 Å². The number of nitrogens with one attached hydrogen (secondary N) is 1. The van der Waals surface area contributed by atoms with Crippen LogP contribution in [0.4, 0.5) is 20.2 Å². The lowest BCUT2D eigenvalue weighted by Crippen LogP contribution is -2.31. The molecule has 5 nitrogen and oxygen atoms in total. The van der Waals surface area contributed by atoms with E-state index in [2.05, 4.69) is 17.1 Å². The largest absolute Gasteiger partial charge is 0.373 e. The van der Waals surface area contributed by atoms with Gasteiger partial charge >= 0.3 is 0 Å². The Kier molecular flexibility index (Phi) is 3.52. The van der Waals surface area contributed by atoms with Gasteiger partial charge in [0.25, 0.3) is 5.69 Å². The summed E-state index contributed by atoms with van der Waals surface area (Å²) in [6.07, 6.45) is 3.16. The third-order valence-electron chi connectivity index (χ3n) is 4.22. The highest BCUT2D eigenvalue weighted by Crippen LogP contribution is 2.36. The van der Waals surface area contributed by atoms with Gasteiger partial charge in [-0.2, -0.15) is 0 Å². The molecule has 21 heavy (non-hydrogen) atoms. The van der Waals surface area contributed by atoms with Gasteiger partial charge in [0, 0.05) is 30.7 Å². The minimum absolute atomic E-state index is 0.0562. The maximum Gasteiger partial charge on any atom is 0.298 e. The molecule has 2 fully saturated rings. The van der Waals surface area contributed by atoms with Crippen LogP contribution in [-0.2, 0) is 0 Å². The average Bonchev–Trinajstić information content (AvgIpc) is 3.17. The smallest absolute Gasteiger partial charge is 0.298 e. The first kappa shape index (κ1) is 14.2. The summed E-state index contributed by atoms with van der Waals surface area (Å²) in [5.41, 5.74) is -0.763. The molecule has 0 spiro atoms. The lowest BCUT2D eigenvalue weighted by atomic mass is 10.1. The van der Waals surface area contributed by atoms with Crippen molar-refractivity contribution in [2.75, 3.05) is 11.9 Å². The SMILES string of the molecule is CC1CC(Nc2c(F)cc(F)cc2[N+](=O)[O-])CN1C1CC1. The van der Waals surface area contributed by atoms with E-state index < -0.39 is 22.2 Å². The maximum absolute atomic E-state index is 13.9. The normalized spacial score (nSPS) is 26.0. The van der Waals surface area contributed by atoms with E-state index in [9.17, 15) is 18.9 Å².